The van der Waals surface area contributed by atoms with Gasteiger partial charge in [-0.1, -0.05) is 18.2 Å². The lowest BCUT2D eigenvalue weighted by Crippen LogP contribution is -2.44. The van der Waals surface area contributed by atoms with Gasteiger partial charge in [0.2, 0.25) is 0 Å². The summed E-state index contributed by atoms with van der Waals surface area (Å²) in [4.78, 5) is 21.5. The Balaban J connectivity index is 1.39. The number of hydrogen-bond acceptors (Lipinski definition) is 5. The van der Waals surface area contributed by atoms with Crippen LogP contribution in [0.1, 0.15) is 10.4 Å². The number of nitrogens with zero attached hydrogens (tertiary/aromatic N) is 3. The number of amides is 1. The minimum Gasteiger partial charge on any atom is -0.457 e. The molecule has 0 atom stereocenters. The normalized spacial score (nSPS) is 14.4. The Morgan fingerprint density at radius 3 is 2.34 bits per heavy atom. The van der Waals surface area contributed by atoms with Crippen molar-refractivity contribution in [3.63, 3.8) is 0 Å². The fourth-order valence-electron chi connectivity index (χ4n) is 3.22. The SMILES string of the molecule is CN1CCN(c2cncc(C(=O)Nc3ccc(Oc4ccccc4)cc3)c2)CC1. The Kier molecular flexibility index (Phi) is 5.72. The number of carbonyl (C=O) groups is 1. The van der Waals surface area contributed by atoms with Crippen LogP contribution in [0, 0.1) is 0 Å². The Morgan fingerprint density at radius 1 is 0.931 bits per heavy atom. The first-order valence-electron chi connectivity index (χ1n) is 9.70. The molecule has 1 saturated heterocycles. The molecule has 1 aliphatic rings. The summed E-state index contributed by atoms with van der Waals surface area (Å²) in [6.07, 6.45) is 3.42. The Bertz CT molecular complexity index is 952. The second-order valence-corrected chi connectivity index (χ2v) is 7.12. The van der Waals surface area contributed by atoms with Gasteiger partial charge in [0, 0.05) is 38.1 Å². The van der Waals surface area contributed by atoms with E-state index in [0.29, 0.717) is 17.0 Å². The molecule has 6 nitrogen and oxygen atoms in total. The molecule has 0 saturated carbocycles. The van der Waals surface area contributed by atoms with Gasteiger partial charge in [-0.3, -0.25) is 9.78 Å². The van der Waals surface area contributed by atoms with Crippen LogP contribution in [0.3, 0.4) is 0 Å². The van der Waals surface area contributed by atoms with E-state index in [4.69, 9.17) is 4.74 Å². The highest BCUT2D eigenvalue weighted by Gasteiger charge is 2.16. The van der Waals surface area contributed by atoms with Crippen LogP contribution in [0.2, 0.25) is 0 Å². The number of benzene rings is 2. The van der Waals surface area contributed by atoms with E-state index in [1.807, 2.05) is 66.9 Å². The summed E-state index contributed by atoms with van der Waals surface area (Å²) in [6.45, 7) is 3.89. The molecule has 1 N–H and O–H groups in total. The number of rotatable bonds is 5. The maximum Gasteiger partial charge on any atom is 0.257 e. The molecular formula is C23H24N4O2. The number of ether oxygens (including phenoxy) is 1. The molecule has 1 amide bonds. The zero-order valence-corrected chi connectivity index (χ0v) is 16.4. The molecule has 0 radical (unpaired) electrons. The van der Waals surface area contributed by atoms with Crippen molar-refractivity contribution in [2.24, 2.45) is 0 Å². The standard InChI is InChI=1S/C23H24N4O2/c1-26-11-13-27(14-12-26)20-15-18(16-24-17-20)23(28)25-19-7-9-22(10-8-19)29-21-5-3-2-4-6-21/h2-10,15-17H,11-14H2,1H3,(H,25,28). The number of likely N-dealkylation sites (N-methyl/N-ethyl adjacent to an activating group) is 1. The van der Waals surface area contributed by atoms with Gasteiger partial charge < -0.3 is 19.9 Å². The van der Waals surface area contributed by atoms with E-state index in [1.165, 1.54) is 0 Å². The molecule has 0 unspecified atom stereocenters. The van der Waals surface area contributed by atoms with Gasteiger partial charge in [-0.25, -0.2) is 0 Å². The summed E-state index contributed by atoms with van der Waals surface area (Å²) >= 11 is 0. The van der Waals surface area contributed by atoms with Crippen molar-refractivity contribution in [2.75, 3.05) is 43.4 Å². The number of carbonyl (C=O) groups excluding carboxylic acids is 1. The molecule has 148 valence electrons. The van der Waals surface area contributed by atoms with E-state index in [9.17, 15) is 4.79 Å². The highest BCUT2D eigenvalue weighted by molar-refractivity contribution is 6.04. The first-order valence-corrected chi connectivity index (χ1v) is 9.70. The van der Waals surface area contributed by atoms with Crippen LogP contribution in [0.15, 0.2) is 73.1 Å². The van der Waals surface area contributed by atoms with E-state index in [1.54, 1.807) is 6.20 Å². The maximum atomic E-state index is 12.7. The summed E-state index contributed by atoms with van der Waals surface area (Å²) in [7, 11) is 2.12. The zero-order chi connectivity index (χ0) is 20.1. The fraction of sp³-hybridized carbons (Fsp3) is 0.217. The quantitative estimate of drug-likeness (QED) is 0.719. The van der Waals surface area contributed by atoms with Gasteiger partial charge in [-0.15, -0.1) is 0 Å². The van der Waals surface area contributed by atoms with Crippen LogP contribution < -0.4 is 15.0 Å². The van der Waals surface area contributed by atoms with Crippen molar-refractivity contribution in [1.82, 2.24) is 9.88 Å². The number of nitrogens with one attached hydrogen (secondary N) is 1. The Hall–Kier alpha value is -3.38. The lowest BCUT2D eigenvalue weighted by atomic mass is 10.2. The smallest absolute Gasteiger partial charge is 0.257 e. The van der Waals surface area contributed by atoms with Crippen LogP contribution in [0.4, 0.5) is 11.4 Å². The highest BCUT2D eigenvalue weighted by atomic mass is 16.5. The largest absolute Gasteiger partial charge is 0.457 e. The predicted molar refractivity (Wildman–Crippen MR) is 115 cm³/mol. The van der Waals surface area contributed by atoms with Crippen molar-refractivity contribution in [3.05, 3.63) is 78.6 Å². The number of hydrogen-bond donors (Lipinski definition) is 1. The second kappa shape index (κ2) is 8.75. The topological polar surface area (TPSA) is 57.7 Å². The molecule has 2 aromatic carbocycles. The van der Waals surface area contributed by atoms with Gasteiger partial charge in [0.1, 0.15) is 11.5 Å². The van der Waals surface area contributed by atoms with Crippen molar-refractivity contribution >= 4 is 17.3 Å². The first-order chi connectivity index (χ1) is 14.2. The summed E-state index contributed by atoms with van der Waals surface area (Å²) in [5.41, 5.74) is 2.24. The molecule has 29 heavy (non-hydrogen) atoms. The lowest BCUT2D eigenvalue weighted by Gasteiger charge is -2.33. The van der Waals surface area contributed by atoms with E-state index in [-0.39, 0.29) is 5.91 Å². The molecule has 1 aromatic heterocycles. The van der Waals surface area contributed by atoms with Gasteiger partial charge in [0.15, 0.2) is 0 Å². The monoisotopic (exact) mass is 388 g/mol. The summed E-state index contributed by atoms with van der Waals surface area (Å²) in [5.74, 6) is 1.31. The van der Waals surface area contributed by atoms with Crippen molar-refractivity contribution in [1.29, 1.82) is 0 Å². The summed E-state index contributed by atoms with van der Waals surface area (Å²) in [6, 6.07) is 18.8. The molecule has 0 spiro atoms. The summed E-state index contributed by atoms with van der Waals surface area (Å²) in [5, 5.41) is 2.93. The van der Waals surface area contributed by atoms with E-state index < -0.39 is 0 Å². The van der Waals surface area contributed by atoms with Gasteiger partial charge in [-0.05, 0) is 49.5 Å². The van der Waals surface area contributed by atoms with Gasteiger partial charge >= 0.3 is 0 Å². The number of para-hydroxylation sites is 1. The third kappa shape index (κ3) is 4.92. The third-order valence-corrected chi connectivity index (χ3v) is 4.95. The predicted octanol–water partition coefficient (Wildman–Crippen LogP) is 3.88. The number of piperazine rings is 1. The number of anilines is 2. The van der Waals surface area contributed by atoms with E-state index in [0.717, 1.165) is 37.6 Å². The molecule has 3 aromatic rings. The van der Waals surface area contributed by atoms with E-state index >= 15 is 0 Å². The lowest BCUT2D eigenvalue weighted by molar-refractivity contribution is 0.102. The molecular weight excluding hydrogens is 364 g/mol. The average molecular weight is 388 g/mol. The highest BCUT2D eigenvalue weighted by Crippen LogP contribution is 2.23. The van der Waals surface area contributed by atoms with Crippen molar-refractivity contribution in [2.45, 2.75) is 0 Å². The minimum atomic E-state index is -0.176. The van der Waals surface area contributed by atoms with Gasteiger partial charge in [-0.2, -0.15) is 0 Å². The fourth-order valence-corrected chi connectivity index (χ4v) is 3.22. The van der Waals surface area contributed by atoms with Crippen LogP contribution >= 0.6 is 0 Å². The molecule has 0 bridgehead atoms. The number of pyridine rings is 1. The molecule has 4 rings (SSSR count). The molecule has 1 fully saturated rings. The van der Waals surface area contributed by atoms with Crippen molar-refractivity contribution < 1.29 is 9.53 Å². The summed E-state index contributed by atoms with van der Waals surface area (Å²) < 4.78 is 5.78. The van der Waals surface area contributed by atoms with Crippen LogP contribution in [0.25, 0.3) is 0 Å². The average Bonchev–Trinajstić information content (AvgIpc) is 2.76. The molecule has 6 heteroatoms. The zero-order valence-electron chi connectivity index (χ0n) is 16.4. The van der Waals surface area contributed by atoms with E-state index in [2.05, 4.69) is 27.1 Å². The maximum absolute atomic E-state index is 12.7. The molecule has 2 heterocycles. The van der Waals surface area contributed by atoms with Crippen molar-refractivity contribution in [3.8, 4) is 11.5 Å². The van der Waals surface area contributed by atoms with Crippen LogP contribution in [-0.2, 0) is 0 Å². The van der Waals surface area contributed by atoms with Crippen LogP contribution in [-0.4, -0.2) is 49.0 Å². The minimum absolute atomic E-state index is 0.176. The second-order valence-electron chi connectivity index (χ2n) is 7.12. The number of aromatic nitrogens is 1. The first kappa shape index (κ1) is 19.0. The van der Waals surface area contributed by atoms with Gasteiger partial charge in [0.25, 0.3) is 5.91 Å². The Labute approximate surface area is 170 Å². The Morgan fingerprint density at radius 2 is 1.62 bits per heavy atom. The van der Waals surface area contributed by atoms with Crippen LogP contribution in [0.5, 0.6) is 11.5 Å². The van der Waals surface area contributed by atoms with Gasteiger partial charge in [0.05, 0.1) is 17.4 Å². The molecule has 0 aliphatic carbocycles. The molecule has 1 aliphatic heterocycles. The third-order valence-electron chi connectivity index (χ3n) is 4.95.